The summed E-state index contributed by atoms with van der Waals surface area (Å²) < 4.78 is 0. The Bertz CT molecular complexity index is 1280. The van der Waals surface area contributed by atoms with Crippen LogP contribution in [0.4, 0.5) is 5.69 Å². The minimum absolute atomic E-state index is 0.0122. The molecule has 8 heteroatoms. The van der Waals surface area contributed by atoms with Gasteiger partial charge in [0, 0.05) is 40.7 Å². The van der Waals surface area contributed by atoms with E-state index >= 15 is 0 Å². The highest BCUT2D eigenvalue weighted by Crippen LogP contribution is 2.51. The van der Waals surface area contributed by atoms with Gasteiger partial charge in [0.1, 0.15) is 6.23 Å². The van der Waals surface area contributed by atoms with Gasteiger partial charge in [-0.15, -0.1) is 0 Å². The number of nitrogens with one attached hydrogen (secondary N) is 2. The molecule has 0 saturated carbocycles. The van der Waals surface area contributed by atoms with Crippen molar-refractivity contribution in [3.63, 3.8) is 0 Å². The molecule has 8 nitrogen and oxygen atoms in total. The number of rotatable bonds is 3. The maximum Gasteiger partial charge on any atom is 0.253 e. The van der Waals surface area contributed by atoms with Gasteiger partial charge >= 0.3 is 0 Å². The van der Waals surface area contributed by atoms with Crippen LogP contribution in [0.25, 0.3) is 10.9 Å². The normalized spacial score (nSPS) is 19.3. The van der Waals surface area contributed by atoms with Gasteiger partial charge in [-0.1, -0.05) is 12.1 Å². The molecule has 0 aliphatic carbocycles. The van der Waals surface area contributed by atoms with E-state index < -0.39 is 11.6 Å². The van der Waals surface area contributed by atoms with Crippen molar-refractivity contribution < 1.29 is 14.7 Å². The zero-order valence-electron chi connectivity index (χ0n) is 20.8. The molecule has 3 N–H and O–H groups in total. The Morgan fingerprint density at radius 3 is 2.66 bits per heavy atom. The molecule has 1 aromatic heterocycles. The zero-order chi connectivity index (χ0) is 25.0. The molecule has 0 bridgehead atoms. The summed E-state index contributed by atoms with van der Waals surface area (Å²) in [6.07, 6.45) is 2.14. The van der Waals surface area contributed by atoms with Crippen molar-refractivity contribution >= 4 is 28.4 Å². The van der Waals surface area contributed by atoms with Crippen LogP contribution in [0, 0.1) is 6.92 Å². The largest absolute Gasteiger partial charge is 0.373 e. The summed E-state index contributed by atoms with van der Waals surface area (Å²) in [6.45, 7) is 9.06. The van der Waals surface area contributed by atoms with Crippen molar-refractivity contribution in [1.29, 1.82) is 0 Å². The predicted octanol–water partition coefficient (Wildman–Crippen LogP) is 3.10. The molecule has 2 amide bonds. The molecular formula is C27H33N5O3. The van der Waals surface area contributed by atoms with Crippen molar-refractivity contribution in [2.45, 2.75) is 57.7 Å². The third-order valence-corrected chi connectivity index (χ3v) is 7.31. The number of fused-ring (bicyclic) bond motifs is 3. The second-order valence-corrected chi connectivity index (χ2v) is 10.9. The summed E-state index contributed by atoms with van der Waals surface area (Å²) in [4.78, 5) is 29.7. The van der Waals surface area contributed by atoms with Gasteiger partial charge < -0.3 is 20.2 Å². The van der Waals surface area contributed by atoms with E-state index in [-0.39, 0.29) is 23.9 Å². The number of likely N-dealkylation sites (tertiary alicyclic amines) is 1. The Kier molecular flexibility index (Phi) is 5.59. The van der Waals surface area contributed by atoms with Crippen molar-refractivity contribution in [1.82, 2.24) is 20.4 Å². The average molecular weight is 476 g/mol. The van der Waals surface area contributed by atoms with Crippen LogP contribution in [0.15, 0.2) is 42.6 Å². The number of hydrogen-bond acceptors (Lipinski definition) is 5. The van der Waals surface area contributed by atoms with Crippen molar-refractivity contribution in [2.24, 2.45) is 0 Å². The van der Waals surface area contributed by atoms with E-state index in [1.54, 1.807) is 6.20 Å². The predicted molar refractivity (Wildman–Crippen MR) is 135 cm³/mol. The summed E-state index contributed by atoms with van der Waals surface area (Å²) in [7, 11) is 0. The molecule has 35 heavy (non-hydrogen) atoms. The summed E-state index contributed by atoms with van der Waals surface area (Å²) in [5.41, 5.74) is 3.78. The van der Waals surface area contributed by atoms with E-state index in [2.05, 4.69) is 28.5 Å². The van der Waals surface area contributed by atoms with Gasteiger partial charge in [0.25, 0.3) is 5.91 Å². The van der Waals surface area contributed by atoms with E-state index in [4.69, 9.17) is 0 Å². The van der Waals surface area contributed by atoms with E-state index in [9.17, 15) is 14.7 Å². The second-order valence-electron chi connectivity index (χ2n) is 10.9. The lowest BCUT2D eigenvalue weighted by molar-refractivity contribution is -0.121. The van der Waals surface area contributed by atoms with Crippen LogP contribution in [0.1, 0.15) is 55.1 Å². The standard InChI is InChI=1S/C27H33N5O3/c1-17-6-5-7-21-23(17)27(25(35)32(21)16-22(33)29-26(2,3)4)10-12-31(13-11-27)24(34)18-8-9-20-19(14-18)15-28-30-20/h5-9,14-15,25,35H,10-13,16H2,1-4H3,(H,28,30)(H,29,33). The summed E-state index contributed by atoms with van der Waals surface area (Å²) >= 11 is 0. The minimum Gasteiger partial charge on any atom is -0.373 e. The smallest absolute Gasteiger partial charge is 0.253 e. The highest BCUT2D eigenvalue weighted by molar-refractivity contribution is 5.98. The number of H-pyrrole nitrogens is 1. The van der Waals surface area contributed by atoms with Gasteiger partial charge in [-0.2, -0.15) is 5.10 Å². The Morgan fingerprint density at radius 2 is 1.94 bits per heavy atom. The molecule has 1 spiro atoms. The third kappa shape index (κ3) is 4.05. The van der Waals surface area contributed by atoms with Crippen LogP contribution in [-0.4, -0.2) is 63.4 Å². The molecule has 1 saturated heterocycles. The SMILES string of the molecule is Cc1cccc2c1C1(CCN(C(=O)c3ccc4[nH]ncc4c3)CC1)C(O)N2CC(=O)NC(C)(C)C. The van der Waals surface area contributed by atoms with Gasteiger partial charge in [0.05, 0.1) is 18.3 Å². The first-order chi connectivity index (χ1) is 16.6. The number of anilines is 1. The Morgan fingerprint density at radius 1 is 1.20 bits per heavy atom. The lowest BCUT2D eigenvalue weighted by Crippen LogP contribution is -2.54. The number of carbonyl (C=O) groups excluding carboxylic acids is 2. The summed E-state index contributed by atoms with van der Waals surface area (Å²) in [6, 6.07) is 11.6. The summed E-state index contributed by atoms with van der Waals surface area (Å²) in [5.74, 6) is -0.134. The number of aromatic nitrogens is 2. The van der Waals surface area contributed by atoms with Gasteiger partial charge in [0.2, 0.25) is 5.91 Å². The molecule has 1 fully saturated rings. The van der Waals surface area contributed by atoms with Crippen molar-refractivity contribution in [2.75, 3.05) is 24.5 Å². The van der Waals surface area contributed by atoms with Crippen LogP contribution in [0.5, 0.6) is 0 Å². The number of aliphatic hydroxyl groups is 1. The van der Waals surface area contributed by atoms with Gasteiger partial charge in [0.15, 0.2) is 0 Å². The van der Waals surface area contributed by atoms with E-state index in [1.807, 2.05) is 60.9 Å². The molecule has 5 rings (SSSR count). The van der Waals surface area contributed by atoms with Gasteiger partial charge in [-0.25, -0.2) is 0 Å². The fourth-order valence-corrected chi connectivity index (χ4v) is 5.76. The maximum atomic E-state index is 13.3. The maximum absolute atomic E-state index is 13.3. The van der Waals surface area contributed by atoms with Gasteiger partial charge in [-0.05, 0) is 75.9 Å². The molecule has 2 aliphatic heterocycles. The number of piperidine rings is 1. The first-order valence-electron chi connectivity index (χ1n) is 12.2. The fourth-order valence-electron chi connectivity index (χ4n) is 5.76. The number of benzene rings is 2. The lowest BCUT2D eigenvalue weighted by atomic mass is 9.71. The number of nitrogens with zero attached hydrogens (tertiary/aromatic N) is 3. The third-order valence-electron chi connectivity index (χ3n) is 7.31. The first kappa shape index (κ1) is 23.4. The monoisotopic (exact) mass is 475 g/mol. The topological polar surface area (TPSA) is 102 Å². The number of aryl methyl sites for hydroxylation is 1. The number of aromatic amines is 1. The zero-order valence-corrected chi connectivity index (χ0v) is 20.8. The van der Waals surface area contributed by atoms with Crippen molar-refractivity contribution in [3.8, 4) is 0 Å². The highest BCUT2D eigenvalue weighted by Gasteiger charge is 2.53. The van der Waals surface area contributed by atoms with Crippen LogP contribution in [0.2, 0.25) is 0 Å². The molecule has 1 unspecified atom stereocenters. The first-order valence-corrected chi connectivity index (χ1v) is 12.2. The molecule has 0 radical (unpaired) electrons. The van der Waals surface area contributed by atoms with Crippen LogP contribution >= 0.6 is 0 Å². The Hall–Kier alpha value is -3.39. The minimum atomic E-state index is -0.830. The number of aliphatic hydroxyl groups excluding tert-OH is 1. The van der Waals surface area contributed by atoms with E-state index in [0.29, 0.717) is 31.5 Å². The summed E-state index contributed by atoms with van der Waals surface area (Å²) in [5, 5.41) is 22.5. The quantitative estimate of drug-likeness (QED) is 0.540. The molecule has 2 aliphatic rings. The van der Waals surface area contributed by atoms with Crippen LogP contribution < -0.4 is 10.2 Å². The van der Waals surface area contributed by atoms with E-state index in [1.165, 1.54) is 0 Å². The molecule has 3 aromatic rings. The number of carbonyl (C=O) groups is 2. The lowest BCUT2D eigenvalue weighted by Gasteiger charge is -2.43. The molecule has 184 valence electrons. The average Bonchev–Trinajstić information content (AvgIpc) is 3.36. The van der Waals surface area contributed by atoms with E-state index in [0.717, 1.165) is 27.7 Å². The number of amides is 2. The fraction of sp³-hybridized carbons (Fsp3) is 0.444. The number of hydrogen-bond donors (Lipinski definition) is 3. The molecule has 3 heterocycles. The molecule has 2 aromatic carbocycles. The van der Waals surface area contributed by atoms with Crippen molar-refractivity contribution in [3.05, 3.63) is 59.3 Å². The van der Waals surface area contributed by atoms with Crippen LogP contribution in [-0.2, 0) is 10.2 Å². The van der Waals surface area contributed by atoms with Gasteiger partial charge in [-0.3, -0.25) is 14.7 Å². The molecule has 1 atom stereocenters. The Labute approximate surface area is 205 Å². The second kappa shape index (κ2) is 8.37. The highest BCUT2D eigenvalue weighted by atomic mass is 16.3. The van der Waals surface area contributed by atoms with Crippen LogP contribution in [0.3, 0.4) is 0 Å². The Balaban J connectivity index is 1.38. The molecular weight excluding hydrogens is 442 g/mol.